The van der Waals surface area contributed by atoms with Crippen LogP contribution in [0.15, 0.2) is 18.2 Å². The number of rotatable bonds is 3. The first-order valence-electron chi connectivity index (χ1n) is 6.80. The molecule has 0 radical (unpaired) electrons. The van der Waals surface area contributed by atoms with E-state index in [1.54, 1.807) is 0 Å². The lowest BCUT2D eigenvalue weighted by Crippen LogP contribution is -2.36. The summed E-state index contributed by atoms with van der Waals surface area (Å²) in [5.74, 6) is -0.679. The highest BCUT2D eigenvalue weighted by Gasteiger charge is 2.16. The van der Waals surface area contributed by atoms with E-state index in [-0.39, 0.29) is 18.1 Å². The summed E-state index contributed by atoms with van der Waals surface area (Å²) in [5.41, 5.74) is 6.16. The molecule has 1 aromatic carbocycles. The van der Waals surface area contributed by atoms with Crippen LogP contribution in [0.1, 0.15) is 6.42 Å². The lowest BCUT2D eigenvalue weighted by atomic mass is 10.2. The Morgan fingerprint density at radius 1 is 1.35 bits per heavy atom. The molecule has 1 heterocycles. The number of benzene rings is 1. The summed E-state index contributed by atoms with van der Waals surface area (Å²) in [6.07, 6.45) is 1.04. The molecule has 0 atom stereocenters. The fraction of sp³-hybridized carbons (Fsp3) is 0.500. The SMILES string of the molecule is CN1CCCN(CC(=O)Nc2cc(N)ccc2F)CC1. The van der Waals surface area contributed by atoms with Crippen LogP contribution >= 0.6 is 0 Å². The van der Waals surface area contributed by atoms with Crippen LogP contribution in [0.25, 0.3) is 0 Å². The van der Waals surface area contributed by atoms with Crippen molar-refractivity contribution in [3.8, 4) is 0 Å². The Balaban J connectivity index is 1.90. The van der Waals surface area contributed by atoms with Gasteiger partial charge in [0, 0.05) is 18.8 Å². The summed E-state index contributed by atoms with van der Waals surface area (Å²) in [7, 11) is 2.08. The van der Waals surface area contributed by atoms with E-state index in [1.165, 1.54) is 18.2 Å². The normalized spacial score (nSPS) is 17.7. The summed E-state index contributed by atoms with van der Waals surface area (Å²) >= 11 is 0. The van der Waals surface area contributed by atoms with Crippen LogP contribution < -0.4 is 11.1 Å². The number of nitrogen functional groups attached to an aromatic ring is 1. The molecule has 110 valence electrons. The highest BCUT2D eigenvalue weighted by Crippen LogP contribution is 2.17. The maximum atomic E-state index is 13.5. The van der Waals surface area contributed by atoms with E-state index in [0.29, 0.717) is 5.69 Å². The number of carbonyl (C=O) groups excluding carboxylic acids is 1. The third kappa shape index (κ3) is 4.18. The van der Waals surface area contributed by atoms with Gasteiger partial charge in [0.05, 0.1) is 12.2 Å². The minimum absolute atomic E-state index is 0.141. The van der Waals surface area contributed by atoms with Gasteiger partial charge in [-0.2, -0.15) is 0 Å². The number of nitrogens with zero attached hydrogens (tertiary/aromatic N) is 2. The monoisotopic (exact) mass is 280 g/mol. The van der Waals surface area contributed by atoms with Crippen molar-refractivity contribution < 1.29 is 9.18 Å². The summed E-state index contributed by atoms with van der Waals surface area (Å²) in [6, 6.07) is 4.16. The van der Waals surface area contributed by atoms with Crippen molar-refractivity contribution >= 4 is 17.3 Å². The number of halogens is 1. The maximum absolute atomic E-state index is 13.5. The molecule has 1 saturated heterocycles. The Labute approximate surface area is 118 Å². The van der Waals surface area contributed by atoms with Gasteiger partial charge in [0.1, 0.15) is 5.82 Å². The molecule has 0 unspecified atom stereocenters. The zero-order chi connectivity index (χ0) is 14.5. The van der Waals surface area contributed by atoms with Crippen molar-refractivity contribution in [3.63, 3.8) is 0 Å². The summed E-state index contributed by atoms with van der Waals surface area (Å²) in [5, 5.41) is 2.58. The van der Waals surface area contributed by atoms with E-state index in [1.807, 2.05) is 0 Å². The zero-order valence-electron chi connectivity index (χ0n) is 11.7. The molecule has 0 spiro atoms. The lowest BCUT2D eigenvalue weighted by molar-refractivity contribution is -0.117. The Hall–Kier alpha value is -1.66. The first-order chi connectivity index (χ1) is 9.54. The molecule has 1 fully saturated rings. The molecule has 5 nitrogen and oxygen atoms in total. The van der Waals surface area contributed by atoms with Gasteiger partial charge in [0.2, 0.25) is 5.91 Å². The van der Waals surface area contributed by atoms with E-state index in [9.17, 15) is 9.18 Å². The number of carbonyl (C=O) groups is 1. The highest BCUT2D eigenvalue weighted by atomic mass is 19.1. The van der Waals surface area contributed by atoms with Gasteiger partial charge in [-0.25, -0.2) is 4.39 Å². The van der Waals surface area contributed by atoms with Gasteiger partial charge in [-0.3, -0.25) is 9.69 Å². The van der Waals surface area contributed by atoms with Gasteiger partial charge in [-0.1, -0.05) is 0 Å². The maximum Gasteiger partial charge on any atom is 0.238 e. The van der Waals surface area contributed by atoms with Gasteiger partial charge in [-0.05, 0) is 44.8 Å². The van der Waals surface area contributed by atoms with E-state index in [0.717, 1.165) is 32.6 Å². The Morgan fingerprint density at radius 3 is 2.95 bits per heavy atom. The molecule has 1 aliphatic rings. The second-order valence-corrected chi connectivity index (χ2v) is 5.22. The van der Waals surface area contributed by atoms with Gasteiger partial charge >= 0.3 is 0 Å². The third-order valence-corrected chi connectivity index (χ3v) is 3.44. The van der Waals surface area contributed by atoms with Crippen molar-refractivity contribution in [2.24, 2.45) is 0 Å². The quantitative estimate of drug-likeness (QED) is 0.810. The Morgan fingerprint density at radius 2 is 2.15 bits per heavy atom. The molecular formula is C14H21FN4O. The molecule has 0 aromatic heterocycles. The number of amides is 1. The first-order valence-corrected chi connectivity index (χ1v) is 6.80. The molecule has 0 saturated carbocycles. The lowest BCUT2D eigenvalue weighted by Gasteiger charge is -2.19. The second-order valence-electron chi connectivity index (χ2n) is 5.22. The number of anilines is 2. The van der Waals surface area contributed by atoms with Crippen LogP contribution in [0.2, 0.25) is 0 Å². The number of hydrogen-bond donors (Lipinski definition) is 2. The summed E-state index contributed by atoms with van der Waals surface area (Å²) in [4.78, 5) is 16.3. The minimum atomic E-state index is -0.469. The Bertz CT molecular complexity index is 480. The third-order valence-electron chi connectivity index (χ3n) is 3.44. The second kappa shape index (κ2) is 6.67. The van der Waals surface area contributed by atoms with Crippen molar-refractivity contribution in [1.29, 1.82) is 0 Å². The topological polar surface area (TPSA) is 61.6 Å². The molecule has 1 amide bonds. The smallest absolute Gasteiger partial charge is 0.238 e. The van der Waals surface area contributed by atoms with Crippen LogP contribution in [-0.2, 0) is 4.79 Å². The average Bonchev–Trinajstić information content (AvgIpc) is 2.59. The molecule has 6 heteroatoms. The molecule has 0 aliphatic carbocycles. The van der Waals surface area contributed by atoms with Crippen LogP contribution in [0, 0.1) is 5.82 Å². The van der Waals surface area contributed by atoms with Gasteiger partial charge in [-0.15, -0.1) is 0 Å². The standard InChI is InChI=1S/C14H21FN4O/c1-18-5-2-6-19(8-7-18)10-14(20)17-13-9-11(16)3-4-12(13)15/h3-4,9H,2,5-8,10,16H2,1H3,(H,17,20). The van der Waals surface area contributed by atoms with Crippen molar-refractivity contribution in [3.05, 3.63) is 24.0 Å². The zero-order valence-corrected chi connectivity index (χ0v) is 11.7. The van der Waals surface area contributed by atoms with Crippen LogP contribution in [0.3, 0.4) is 0 Å². The van der Waals surface area contributed by atoms with E-state index < -0.39 is 5.82 Å². The highest BCUT2D eigenvalue weighted by molar-refractivity contribution is 5.92. The number of hydrogen-bond acceptors (Lipinski definition) is 4. The van der Waals surface area contributed by atoms with E-state index in [2.05, 4.69) is 22.2 Å². The number of nitrogens with one attached hydrogen (secondary N) is 1. The van der Waals surface area contributed by atoms with Crippen LogP contribution in [0.5, 0.6) is 0 Å². The van der Waals surface area contributed by atoms with E-state index >= 15 is 0 Å². The number of nitrogens with two attached hydrogens (primary N) is 1. The fourth-order valence-electron chi connectivity index (χ4n) is 2.29. The minimum Gasteiger partial charge on any atom is -0.399 e. The fourth-order valence-corrected chi connectivity index (χ4v) is 2.29. The molecule has 1 aromatic rings. The van der Waals surface area contributed by atoms with Crippen LogP contribution in [0.4, 0.5) is 15.8 Å². The van der Waals surface area contributed by atoms with Crippen molar-refractivity contribution in [2.75, 3.05) is 50.8 Å². The van der Waals surface area contributed by atoms with Gasteiger partial charge in [0.25, 0.3) is 0 Å². The molecule has 0 bridgehead atoms. The average molecular weight is 280 g/mol. The summed E-state index contributed by atoms with van der Waals surface area (Å²) in [6.45, 7) is 4.00. The summed E-state index contributed by atoms with van der Waals surface area (Å²) < 4.78 is 13.5. The first kappa shape index (κ1) is 14.7. The molecule has 2 rings (SSSR count). The predicted molar refractivity (Wildman–Crippen MR) is 78.0 cm³/mol. The molecule has 3 N–H and O–H groups in total. The molecule has 1 aliphatic heterocycles. The van der Waals surface area contributed by atoms with E-state index in [4.69, 9.17) is 5.73 Å². The van der Waals surface area contributed by atoms with Gasteiger partial charge in [0.15, 0.2) is 0 Å². The van der Waals surface area contributed by atoms with Crippen LogP contribution in [-0.4, -0.2) is 55.5 Å². The van der Waals surface area contributed by atoms with Gasteiger partial charge < -0.3 is 16.0 Å². The largest absolute Gasteiger partial charge is 0.399 e. The molecular weight excluding hydrogens is 259 g/mol. The number of likely N-dealkylation sites (N-methyl/N-ethyl adjacent to an activating group) is 1. The van der Waals surface area contributed by atoms with Crippen molar-refractivity contribution in [2.45, 2.75) is 6.42 Å². The molecule has 20 heavy (non-hydrogen) atoms. The Kier molecular flexibility index (Phi) is 4.92. The van der Waals surface area contributed by atoms with Crippen molar-refractivity contribution in [1.82, 2.24) is 9.80 Å². The predicted octanol–water partition coefficient (Wildman–Crippen LogP) is 0.984.